The smallest absolute Gasteiger partial charge is 0.164 e. The summed E-state index contributed by atoms with van der Waals surface area (Å²) in [7, 11) is 0. The minimum absolute atomic E-state index is 0.203. The molecule has 108 valence electrons. The first-order chi connectivity index (χ1) is 9.55. The second-order valence-electron chi connectivity index (χ2n) is 5.70. The minimum Gasteiger partial charge on any atom is -0.386 e. The molecule has 3 rings (SSSR count). The van der Waals surface area contributed by atoms with Gasteiger partial charge in [-0.3, -0.25) is 0 Å². The Kier molecular flexibility index (Phi) is 3.65. The van der Waals surface area contributed by atoms with Crippen LogP contribution in [0.1, 0.15) is 19.4 Å². The van der Waals surface area contributed by atoms with Crippen LogP contribution in [0.4, 0.5) is 0 Å². The molecule has 1 aromatic rings. The van der Waals surface area contributed by atoms with Gasteiger partial charge in [0.05, 0.1) is 6.61 Å². The van der Waals surface area contributed by atoms with Crippen LogP contribution >= 0.6 is 0 Å². The number of aliphatic hydroxyl groups is 1. The van der Waals surface area contributed by atoms with Crippen molar-refractivity contribution >= 4 is 0 Å². The van der Waals surface area contributed by atoms with Gasteiger partial charge in [-0.05, 0) is 19.4 Å². The van der Waals surface area contributed by atoms with E-state index in [2.05, 4.69) is 0 Å². The Labute approximate surface area is 119 Å². The fraction of sp³-hybridized carbons (Fsp3) is 0.500. The van der Waals surface area contributed by atoms with E-state index in [0.717, 1.165) is 5.56 Å². The monoisotopic (exact) mass is 276 g/mol. The number of rotatable bonds is 3. The third-order valence-corrected chi connectivity index (χ3v) is 3.61. The van der Waals surface area contributed by atoms with Crippen LogP contribution in [0.15, 0.2) is 42.5 Å². The largest absolute Gasteiger partial charge is 0.386 e. The van der Waals surface area contributed by atoms with Crippen LogP contribution in [0, 0.1) is 0 Å². The van der Waals surface area contributed by atoms with Gasteiger partial charge in [0.25, 0.3) is 0 Å². The highest BCUT2D eigenvalue weighted by Crippen LogP contribution is 2.35. The van der Waals surface area contributed by atoms with Gasteiger partial charge in [-0.25, -0.2) is 0 Å². The van der Waals surface area contributed by atoms with Gasteiger partial charge in [-0.15, -0.1) is 0 Å². The predicted octanol–water partition coefficient (Wildman–Crippen LogP) is 2.02. The molecule has 20 heavy (non-hydrogen) atoms. The van der Waals surface area contributed by atoms with E-state index in [9.17, 15) is 5.11 Å². The zero-order valence-corrected chi connectivity index (χ0v) is 11.7. The van der Waals surface area contributed by atoms with E-state index in [1.54, 1.807) is 6.08 Å². The molecule has 1 N–H and O–H groups in total. The molecule has 1 heterocycles. The SMILES string of the molecule is CC1(C)O[C@H]2[C@H](O1)[C@@H](O)C=C[C@@H]2OCc1ccccc1. The molecule has 0 radical (unpaired) electrons. The van der Waals surface area contributed by atoms with Gasteiger partial charge in [0.2, 0.25) is 0 Å². The maximum atomic E-state index is 9.97. The van der Waals surface area contributed by atoms with Gasteiger partial charge in [-0.2, -0.15) is 0 Å². The molecule has 4 atom stereocenters. The summed E-state index contributed by atoms with van der Waals surface area (Å²) in [5.41, 5.74) is 1.11. The van der Waals surface area contributed by atoms with Crippen molar-refractivity contribution in [3.05, 3.63) is 48.0 Å². The number of fused-ring (bicyclic) bond motifs is 1. The normalized spacial score (nSPS) is 35.0. The molecule has 1 aromatic carbocycles. The number of ether oxygens (including phenoxy) is 3. The van der Waals surface area contributed by atoms with E-state index in [4.69, 9.17) is 14.2 Å². The van der Waals surface area contributed by atoms with Crippen LogP contribution in [0.3, 0.4) is 0 Å². The number of benzene rings is 1. The Balaban J connectivity index is 1.68. The van der Waals surface area contributed by atoms with Crippen LogP contribution < -0.4 is 0 Å². The maximum Gasteiger partial charge on any atom is 0.164 e. The van der Waals surface area contributed by atoms with Crippen LogP contribution in [-0.2, 0) is 20.8 Å². The molecule has 1 aliphatic carbocycles. The number of hydrogen-bond donors (Lipinski definition) is 1. The van der Waals surface area contributed by atoms with Crippen molar-refractivity contribution < 1.29 is 19.3 Å². The van der Waals surface area contributed by atoms with Crippen molar-refractivity contribution in [3.63, 3.8) is 0 Å². The first-order valence-electron chi connectivity index (χ1n) is 6.93. The molecule has 0 spiro atoms. The van der Waals surface area contributed by atoms with Gasteiger partial charge < -0.3 is 19.3 Å². The van der Waals surface area contributed by atoms with E-state index in [1.165, 1.54) is 0 Å². The predicted molar refractivity (Wildman–Crippen MR) is 74.0 cm³/mol. The van der Waals surface area contributed by atoms with Gasteiger partial charge in [0, 0.05) is 0 Å². The van der Waals surface area contributed by atoms with Gasteiger partial charge in [0.1, 0.15) is 24.4 Å². The van der Waals surface area contributed by atoms with Crippen LogP contribution in [0.2, 0.25) is 0 Å². The average Bonchev–Trinajstić information content (AvgIpc) is 2.76. The van der Waals surface area contributed by atoms with Gasteiger partial charge in [0.15, 0.2) is 5.79 Å². The molecule has 0 amide bonds. The van der Waals surface area contributed by atoms with Crippen molar-refractivity contribution in [1.82, 2.24) is 0 Å². The highest BCUT2D eigenvalue weighted by atomic mass is 16.8. The van der Waals surface area contributed by atoms with E-state index in [1.807, 2.05) is 50.3 Å². The van der Waals surface area contributed by atoms with Gasteiger partial charge >= 0.3 is 0 Å². The molecule has 1 saturated heterocycles. The Morgan fingerprint density at radius 1 is 1.10 bits per heavy atom. The molecule has 4 heteroatoms. The van der Waals surface area contributed by atoms with E-state index in [0.29, 0.717) is 6.61 Å². The van der Waals surface area contributed by atoms with E-state index >= 15 is 0 Å². The molecular formula is C16H20O4. The van der Waals surface area contributed by atoms with Crippen LogP contribution in [-0.4, -0.2) is 35.3 Å². The fourth-order valence-electron chi connectivity index (χ4n) is 2.69. The fourth-order valence-corrected chi connectivity index (χ4v) is 2.69. The molecule has 1 fully saturated rings. The lowest BCUT2D eigenvalue weighted by Gasteiger charge is -2.30. The highest BCUT2D eigenvalue weighted by Gasteiger charge is 2.49. The Morgan fingerprint density at radius 2 is 1.80 bits per heavy atom. The summed E-state index contributed by atoms with van der Waals surface area (Å²) >= 11 is 0. The first kappa shape index (κ1) is 13.8. The lowest BCUT2D eigenvalue weighted by atomic mass is 9.96. The average molecular weight is 276 g/mol. The molecule has 1 aliphatic heterocycles. The number of aliphatic hydroxyl groups excluding tert-OH is 1. The lowest BCUT2D eigenvalue weighted by molar-refractivity contribution is -0.158. The summed E-state index contributed by atoms with van der Waals surface area (Å²) in [6.45, 7) is 4.22. The second-order valence-corrected chi connectivity index (χ2v) is 5.70. The summed E-state index contributed by atoms with van der Waals surface area (Å²) in [5.74, 6) is -0.684. The quantitative estimate of drug-likeness (QED) is 0.858. The first-order valence-corrected chi connectivity index (χ1v) is 6.93. The van der Waals surface area contributed by atoms with E-state index in [-0.39, 0.29) is 18.3 Å². The van der Waals surface area contributed by atoms with Crippen molar-refractivity contribution in [2.24, 2.45) is 0 Å². The molecular weight excluding hydrogens is 256 g/mol. The Bertz CT molecular complexity index is 483. The molecule has 2 aliphatic rings. The summed E-state index contributed by atoms with van der Waals surface area (Å²) < 4.78 is 17.5. The summed E-state index contributed by atoms with van der Waals surface area (Å²) in [6.07, 6.45) is 2.11. The molecule has 0 saturated carbocycles. The van der Waals surface area contributed by atoms with Crippen molar-refractivity contribution in [2.45, 2.75) is 50.7 Å². The molecule has 0 unspecified atom stereocenters. The Morgan fingerprint density at radius 3 is 2.55 bits per heavy atom. The standard InChI is InChI=1S/C16H20O4/c1-16(2)19-14-12(17)8-9-13(15(14)20-16)18-10-11-6-4-3-5-7-11/h3-9,12-15,17H,10H2,1-2H3/t12-,13-,14+,15+/m0/s1. The highest BCUT2D eigenvalue weighted by molar-refractivity contribution is 5.15. The maximum absolute atomic E-state index is 9.97. The van der Waals surface area contributed by atoms with Gasteiger partial charge in [-0.1, -0.05) is 42.5 Å². The molecule has 0 aromatic heterocycles. The topological polar surface area (TPSA) is 47.9 Å². The van der Waals surface area contributed by atoms with Crippen molar-refractivity contribution in [3.8, 4) is 0 Å². The zero-order valence-electron chi connectivity index (χ0n) is 11.7. The summed E-state index contributed by atoms with van der Waals surface area (Å²) in [4.78, 5) is 0. The van der Waals surface area contributed by atoms with Crippen molar-refractivity contribution in [1.29, 1.82) is 0 Å². The summed E-state index contributed by atoms with van der Waals surface area (Å²) in [5, 5.41) is 9.97. The Hall–Kier alpha value is -1.20. The number of hydrogen-bond acceptors (Lipinski definition) is 4. The molecule has 0 bridgehead atoms. The third kappa shape index (κ3) is 2.79. The van der Waals surface area contributed by atoms with E-state index < -0.39 is 11.9 Å². The minimum atomic E-state index is -0.684. The van der Waals surface area contributed by atoms with Crippen LogP contribution in [0.5, 0.6) is 0 Å². The molecule has 4 nitrogen and oxygen atoms in total. The third-order valence-electron chi connectivity index (χ3n) is 3.61. The van der Waals surface area contributed by atoms with Crippen molar-refractivity contribution in [2.75, 3.05) is 0 Å². The zero-order chi connectivity index (χ0) is 14.2. The van der Waals surface area contributed by atoms with Crippen LogP contribution in [0.25, 0.3) is 0 Å². The second kappa shape index (κ2) is 5.30. The summed E-state index contributed by atoms with van der Waals surface area (Å²) in [6, 6.07) is 10.00. The lowest BCUT2D eigenvalue weighted by Crippen LogP contribution is -2.45.